The summed E-state index contributed by atoms with van der Waals surface area (Å²) in [5, 5.41) is 22.6. The SMILES string of the molecule is CCC[N-]C(Cc1ccccc1)C(O)C#N.[Rb+]. The summed E-state index contributed by atoms with van der Waals surface area (Å²) in [6, 6.07) is 11.4. The van der Waals surface area contributed by atoms with Gasteiger partial charge in [0.1, 0.15) is 6.10 Å². The van der Waals surface area contributed by atoms with Crippen LogP contribution in [-0.2, 0) is 6.42 Å². The molecule has 17 heavy (non-hydrogen) atoms. The van der Waals surface area contributed by atoms with Crippen LogP contribution >= 0.6 is 0 Å². The minimum absolute atomic E-state index is 0. The van der Waals surface area contributed by atoms with Crippen molar-refractivity contribution < 1.29 is 63.3 Å². The second-order valence-electron chi connectivity index (χ2n) is 3.74. The van der Waals surface area contributed by atoms with Crippen molar-refractivity contribution >= 4 is 0 Å². The second-order valence-corrected chi connectivity index (χ2v) is 3.74. The Morgan fingerprint density at radius 1 is 1.35 bits per heavy atom. The molecule has 86 valence electrons. The molecular formula is C13H17N2ORb. The van der Waals surface area contributed by atoms with Crippen LogP contribution in [0.5, 0.6) is 0 Å². The average molecular weight is 303 g/mol. The fourth-order valence-electron chi connectivity index (χ4n) is 1.51. The Labute approximate surface area is 152 Å². The molecule has 4 heteroatoms. The van der Waals surface area contributed by atoms with Crippen LogP contribution in [0.15, 0.2) is 30.3 Å². The van der Waals surface area contributed by atoms with Gasteiger partial charge in [0.15, 0.2) is 0 Å². The predicted molar refractivity (Wildman–Crippen MR) is 64.1 cm³/mol. The third-order valence-corrected chi connectivity index (χ3v) is 2.37. The van der Waals surface area contributed by atoms with Gasteiger partial charge in [0.05, 0.1) is 6.07 Å². The molecule has 0 heterocycles. The van der Waals surface area contributed by atoms with Gasteiger partial charge in [-0.25, -0.2) is 0 Å². The van der Waals surface area contributed by atoms with Crippen molar-refractivity contribution in [3.8, 4) is 6.07 Å². The van der Waals surface area contributed by atoms with Crippen molar-refractivity contribution in [3.63, 3.8) is 0 Å². The summed E-state index contributed by atoms with van der Waals surface area (Å²) in [5.74, 6) is 0. The topological polar surface area (TPSA) is 58.1 Å². The first kappa shape index (κ1) is 17.4. The summed E-state index contributed by atoms with van der Waals surface area (Å²) < 4.78 is 0. The van der Waals surface area contributed by atoms with E-state index < -0.39 is 6.10 Å². The van der Waals surface area contributed by atoms with E-state index in [9.17, 15) is 5.11 Å². The molecule has 0 aliphatic heterocycles. The van der Waals surface area contributed by atoms with E-state index in [2.05, 4.69) is 5.32 Å². The number of nitriles is 1. The van der Waals surface area contributed by atoms with Gasteiger partial charge < -0.3 is 10.4 Å². The number of benzene rings is 1. The molecule has 0 aromatic heterocycles. The van der Waals surface area contributed by atoms with Gasteiger partial charge in [-0.3, -0.25) is 0 Å². The van der Waals surface area contributed by atoms with E-state index in [1.165, 1.54) is 0 Å². The maximum atomic E-state index is 9.55. The number of hydrogen-bond donors (Lipinski definition) is 1. The van der Waals surface area contributed by atoms with Crippen molar-refractivity contribution in [1.82, 2.24) is 0 Å². The van der Waals surface area contributed by atoms with Crippen LogP contribution < -0.4 is 58.2 Å². The van der Waals surface area contributed by atoms with E-state index >= 15 is 0 Å². The summed E-state index contributed by atoms with van der Waals surface area (Å²) in [6.45, 7) is 2.72. The Kier molecular flexibility index (Phi) is 10.6. The standard InChI is InChI=1S/C13H17N2O.Rb/c1-2-8-15-12(13(16)10-14)9-11-6-4-3-5-7-11;/h3-7,12-13,16H,2,8-9H2,1H3;/q-1;+1. The van der Waals surface area contributed by atoms with Crippen molar-refractivity contribution in [2.24, 2.45) is 0 Å². The molecule has 1 aromatic carbocycles. The van der Waals surface area contributed by atoms with Crippen molar-refractivity contribution in [2.75, 3.05) is 6.54 Å². The Balaban J connectivity index is 0.00000256. The summed E-state index contributed by atoms with van der Waals surface area (Å²) in [7, 11) is 0. The molecule has 1 rings (SSSR count). The number of nitrogens with zero attached hydrogens (tertiary/aromatic N) is 2. The zero-order valence-corrected chi connectivity index (χ0v) is 15.4. The molecule has 0 amide bonds. The first-order valence-corrected chi connectivity index (χ1v) is 5.56. The van der Waals surface area contributed by atoms with Crippen LogP contribution in [0.4, 0.5) is 0 Å². The molecule has 0 bridgehead atoms. The molecule has 0 aliphatic rings. The Hall–Kier alpha value is 0.435. The second kappa shape index (κ2) is 10.4. The Morgan fingerprint density at radius 3 is 2.53 bits per heavy atom. The quantitative estimate of drug-likeness (QED) is 0.705. The maximum absolute atomic E-state index is 9.55. The normalized spacial score (nSPS) is 13.2. The third kappa shape index (κ3) is 6.80. The molecule has 0 radical (unpaired) electrons. The average Bonchev–Trinajstić information content (AvgIpc) is 2.34. The number of hydrogen-bond acceptors (Lipinski definition) is 2. The van der Waals surface area contributed by atoms with E-state index in [1.807, 2.05) is 43.3 Å². The summed E-state index contributed by atoms with van der Waals surface area (Å²) >= 11 is 0. The van der Waals surface area contributed by atoms with Gasteiger partial charge in [-0.05, 0) is 12.0 Å². The minimum Gasteiger partial charge on any atom is -0.656 e. The van der Waals surface area contributed by atoms with Gasteiger partial charge in [0.25, 0.3) is 0 Å². The predicted octanol–water partition coefficient (Wildman–Crippen LogP) is -0.730. The van der Waals surface area contributed by atoms with Crippen LogP contribution in [0.25, 0.3) is 5.32 Å². The van der Waals surface area contributed by atoms with E-state index in [1.54, 1.807) is 0 Å². The van der Waals surface area contributed by atoms with Gasteiger partial charge in [0, 0.05) is 0 Å². The largest absolute Gasteiger partial charge is 1.00 e. The number of rotatable bonds is 6. The van der Waals surface area contributed by atoms with Gasteiger partial charge in [-0.2, -0.15) is 5.26 Å². The molecule has 2 unspecified atom stereocenters. The monoisotopic (exact) mass is 302 g/mol. The fraction of sp³-hybridized carbons (Fsp3) is 0.462. The fourth-order valence-corrected chi connectivity index (χ4v) is 1.51. The van der Waals surface area contributed by atoms with Crippen LogP contribution in [0.1, 0.15) is 18.9 Å². The van der Waals surface area contributed by atoms with Gasteiger partial charge in [-0.1, -0.05) is 49.7 Å². The molecule has 0 saturated carbocycles. The molecular weight excluding hydrogens is 286 g/mol. The summed E-state index contributed by atoms with van der Waals surface area (Å²) in [6.07, 6.45) is 0.547. The van der Waals surface area contributed by atoms with Crippen molar-refractivity contribution in [2.45, 2.75) is 31.9 Å². The van der Waals surface area contributed by atoms with Crippen molar-refractivity contribution in [3.05, 3.63) is 41.2 Å². The smallest absolute Gasteiger partial charge is 0.656 e. The molecule has 0 aliphatic carbocycles. The molecule has 1 N–H and O–H groups in total. The molecule has 0 spiro atoms. The molecule has 0 saturated heterocycles. The first-order chi connectivity index (χ1) is 7.77. The zero-order valence-electron chi connectivity index (χ0n) is 10.5. The van der Waals surface area contributed by atoms with E-state index in [0.717, 1.165) is 12.0 Å². The molecule has 3 nitrogen and oxygen atoms in total. The van der Waals surface area contributed by atoms with Gasteiger partial charge in [-0.15, -0.1) is 6.54 Å². The number of aliphatic hydroxyl groups excluding tert-OH is 1. The first-order valence-electron chi connectivity index (χ1n) is 5.56. The van der Waals surface area contributed by atoms with Crippen LogP contribution in [-0.4, -0.2) is 23.8 Å². The summed E-state index contributed by atoms with van der Waals surface area (Å²) in [4.78, 5) is 0. The van der Waals surface area contributed by atoms with Gasteiger partial charge in [0.2, 0.25) is 0 Å². The van der Waals surface area contributed by atoms with Gasteiger partial charge >= 0.3 is 58.2 Å². The van der Waals surface area contributed by atoms with Crippen LogP contribution in [0.3, 0.4) is 0 Å². The Bertz CT molecular complexity index is 337. The zero-order chi connectivity index (χ0) is 11.8. The Morgan fingerprint density at radius 2 is 2.00 bits per heavy atom. The minimum atomic E-state index is -1.01. The molecule has 1 aromatic rings. The van der Waals surface area contributed by atoms with E-state index in [-0.39, 0.29) is 64.2 Å². The van der Waals surface area contributed by atoms with E-state index in [4.69, 9.17) is 5.26 Å². The van der Waals surface area contributed by atoms with Crippen molar-refractivity contribution in [1.29, 1.82) is 5.26 Å². The maximum Gasteiger partial charge on any atom is 1.00 e. The van der Waals surface area contributed by atoms with E-state index in [0.29, 0.717) is 13.0 Å². The third-order valence-electron chi connectivity index (χ3n) is 2.37. The van der Waals surface area contributed by atoms with Crippen LogP contribution in [0, 0.1) is 11.3 Å². The number of aliphatic hydroxyl groups is 1. The summed E-state index contributed by atoms with van der Waals surface area (Å²) in [5.41, 5.74) is 1.10. The van der Waals surface area contributed by atoms with Crippen LogP contribution in [0.2, 0.25) is 0 Å². The molecule has 0 fully saturated rings. The molecule has 2 atom stereocenters.